The molecular formula is C11H14N2O2. The number of aromatic amines is 1. The zero-order valence-corrected chi connectivity index (χ0v) is 8.69. The van der Waals surface area contributed by atoms with Crippen LogP contribution in [0.1, 0.15) is 31.4 Å². The molecule has 1 fully saturated rings. The summed E-state index contributed by atoms with van der Waals surface area (Å²) in [5, 5.41) is 0. The Morgan fingerprint density at radius 3 is 2.93 bits per heavy atom. The molecule has 0 unspecified atom stereocenters. The molecule has 2 rings (SSSR count). The van der Waals surface area contributed by atoms with Crippen LogP contribution in [0.25, 0.3) is 0 Å². The van der Waals surface area contributed by atoms with E-state index in [4.69, 9.17) is 0 Å². The number of hydrogen-bond acceptors (Lipinski definition) is 2. The largest absolute Gasteiger partial charge is 0.336 e. The second kappa shape index (κ2) is 3.88. The van der Waals surface area contributed by atoms with Crippen LogP contribution in [0.2, 0.25) is 0 Å². The van der Waals surface area contributed by atoms with E-state index in [9.17, 15) is 9.59 Å². The molecule has 80 valence electrons. The van der Waals surface area contributed by atoms with Crippen molar-refractivity contribution in [2.45, 2.75) is 25.8 Å². The number of amides is 1. The van der Waals surface area contributed by atoms with Gasteiger partial charge in [0, 0.05) is 25.7 Å². The van der Waals surface area contributed by atoms with E-state index in [0.29, 0.717) is 0 Å². The minimum absolute atomic E-state index is 0.101. The zero-order chi connectivity index (χ0) is 10.8. The summed E-state index contributed by atoms with van der Waals surface area (Å²) >= 11 is 0. The summed E-state index contributed by atoms with van der Waals surface area (Å²) in [5.41, 5.74) is 0.911. The summed E-state index contributed by atoms with van der Waals surface area (Å²) in [6.45, 7) is 2.41. The Morgan fingerprint density at radius 1 is 1.53 bits per heavy atom. The molecule has 4 nitrogen and oxygen atoms in total. The number of nitrogens with one attached hydrogen (secondary N) is 1. The highest BCUT2D eigenvalue weighted by Crippen LogP contribution is 2.30. The standard InChI is InChI=1S/C11H14N2O2/c1-8(14)13-6-2-3-10(13)9-4-5-11(15)12-7-9/h4-5,7,10H,2-3,6H2,1H3,(H,12,15)/t10-/m1/s1. The first kappa shape index (κ1) is 9.96. The molecule has 0 aromatic carbocycles. The minimum Gasteiger partial charge on any atom is -0.336 e. The molecule has 1 aromatic heterocycles. The molecule has 1 aromatic rings. The smallest absolute Gasteiger partial charge is 0.247 e. The molecule has 0 spiro atoms. The molecule has 15 heavy (non-hydrogen) atoms. The highest BCUT2D eigenvalue weighted by atomic mass is 16.2. The lowest BCUT2D eigenvalue weighted by atomic mass is 10.1. The van der Waals surface area contributed by atoms with Gasteiger partial charge in [-0.1, -0.05) is 6.07 Å². The van der Waals surface area contributed by atoms with Gasteiger partial charge in [0.25, 0.3) is 0 Å². The Hall–Kier alpha value is -1.58. The van der Waals surface area contributed by atoms with Crippen LogP contribution in [0.5, 0.6) is 0 Å². The predicted octanol–water partition coefficient (Wildman–Crippen LogP) is 1.06. The van der Waals surface area contributed by atoms with Crippen molar-refractivity contribution in [2.24, 2.45) is 0 Å². The first-order valence-corrected chi connectivity index (χ1v) is 5.14. The van der Waals surface area contributed by atoms with Crippen LogP contribution in [0.4, 0.5) is 0 Å². The summed E-state index contributed by atoms with van der Waals surface area (Å²) in [7, 11) is 0. The molecule has 1 atom stereocenters. The molecule has 1 amide bonds. The van der Waals surface area contributed by atoms with Crippen molar-refractivity contribution in [3.8, 4) is 0 Å². The summed E-state index contributed by atoms with van der Waals surface area (Å²) in [6, 6.07) is 3.44. The number of carbonyl (C=O) groups is 1. The van der Waals surface area contributed by atoms with Gasteiger partial charge in [-0.2, -0.15) is 0 Å². The van der Waals surface area contributed by atoms with E-state index in [2.05, 4.69) is 4.98 Å². The number of hydrogen-bond donors (Lipinski definition) is 1. The van der Waals surface area contributed by atoms with Crippen LogP contribution < -0.4 is 5.56 Å². The van der Waals surface area contributed by atoms with Gasteiger partial charge >= 0.3 is 0 Å². The third-order valence-electron chi connectivity index (χ3n) is 2.85. The quantitative estimate of drug-likeness (QED) is 0.747. The van der Waals surface area contributed by atoms with Crippen LogP contribution >= 0.6 is 0 Å². The fourth-order valence-corrected chi connectivity index (χ4v) is 2.12. The van der Waals surface area contributed by atoms with Gasteiger partial charge in [-0.3, -0.25) is 9.59 Å². The van der Waals surface area contributed by atoms with Crippen molar-refractivity contribution in [3.63, 3.8) is 0 Å². The second-order valence-corrected chi connectivity index (χ2v) is 3.86. The van der Waals surface area contributed by atoms with Crippen LogP contribution in [-0.4, -0.2) is 22.3 Å². The SMILES string of the molecule is CC(=O)N1CCC[C@@H]1c1ccc(=O)[nH]c1. The van der Waals surface area contributed by atoms with Crippen molar-refractivity contribution in [1.29, 1.82) is 0 Å². The van der Waals surface area contributed by atoms with Crippen LogP contribution in [0.15, 0.2) is 23.1 Å². The van der Waals surface area contributed by atoms with Crippen LogP contribution in [0.3, 0.4) is 0 Å². The van der Waals surface area contributed by atoms with E-state index >= 15 is 0 Å². The van der Waals surface area contributed by atoms with Gasteiger partial charge in [0.2, 0.25) is 11.5 Å². The highest BCUT2D eigenvalue weighted by Gasteiger charge is 2.27. The second-order valence-electron chi connectivity index (χ2n) is 3.86. The molecule has 1 aliphatic rings. The lowest BCUT2D eigenvalue weighted by Crippen LogP contribution is -2.28. The Balaban J connectivity index is 2.26. The van der Waals surface area contributed by atoms with Gasteiger partial charge in [0.05, 0.1) is 6.04 Å². The molecule has 0 saturated carbocycles. The molecule has 1 aliphatic heterocycles. The van der Waals surface area contributed by atoms with E-state index in [1.165, 1.54) is 6.07 Å². The molecule has 4 heteroatoms. The number of H-pyrrole nitrogens is 1. The van der Waals surface area contributed by atoms with E-state index in [0.717, 1.165) is 24.9 Å². The first-order chi connectivity index (χ1) is 7.18. The molecule has 1 N–H and O–H groups in total. The third-order valence-corrected chi connectivity index (χ3v) is 2.85. The maximum absolute atomic E-state index is 11.4. The number of aromatic nitrogens is 1. The van der Waals surface area contributed by atoms with E-state index in [1.807, 2.05) is 4.90 Å². The van der Waals surface area contributed by atoms with Crippen molar-refractivity contribution >= 4 is 5.91 Å². The van der Waals surface area contributed by atoms with Gasteiger partial charge in [-0.25, -0.2) is 0 Å². The zero-order valence-electron chi connectivity index (χ0n) is 8.69. The maximum Gasteiger partial charge on any atom is 0.247 e. The fourth-order valence-electron chi connectivity index (χ4n) is 2.12. The Kier molecular flexibility index (Phi) is 2.58. The topological polar surface area (TPSA) is 53.2 Å². The lowest BCUT2D eigenvalue weighted by Gasteiger charge is -2.23. The molecule has 2 heterocycles. The lowest BCUT2D eigenvalue weighted by molar-refractivity contribution is -0.129. The van der Waals surface area contributed by atoms with Crippen molar-refractivity contribution in [1.82, 2.24) is 9.88 Å². The number of carbonyl (C=O) groups excluding carboxylic acids is 1. The van der Waals surface area contributed by atoms with Gasteiger partial charge in [0.1, 0.15) is 0 Å². The van der Waals surface area contributed by atoms with Crippen molar-refractivity contribution < 1.29 is 4.79 Å². The molecule has 0 bridgehead atoms. The Morgan fingerprint density at radius 2 is 2.33 bits per heavy atom. The third kappa shape index (κ3) is 1.93. The van der Waals surface area contributed by atoms with E-state index in [1.54, 1.807) is 19.2 Å². The average molecular weight is 206 g/mol. The Bertz CT molecular complexity index is 404. The number of likely N-dealkylation sites (tertiary alicyclic amines) is 1. The molecule has 0 aliphatic carbocycles. The summed E-state index contributed by atoms with van der Waals surface area (Å²) in [4.78, 5) is 26.8. The van der Waals surface area contributed by atoms with Gasteiger partial charge < -0.3 is 9.88 Å². The minimum atomic E-state index is -0.105. The van der Waals surface area contributed by atoms with E-state index in [-0.39, 0.29) is 17.5 Å². The number of rotatable bonds is 1. The van der Waals surface area contributed by atoms with Gasteiger partial charge in [0.15, 0.2) is 0 Å². The van der Waals surface area contributed by atoms with Crippen LogP contribution in [-0.2, 0) is 4.79 Å². The first-order valence-electron chi connectivity index (χ1n) is 5.14. The van der Waals surface area contributed by atoms with Gasteiger partial charge in [-0.05, 0) is 18.4 Å². The highest BCUT2D eigenvalue weighted by molar-refractivity contribution is 5.74. The van der Waals surface area contributed by atoms with E-state index < -0.39 is 0 Å². The monoisotopic (exact) mass is 206 g/mol. The number of nitrogens with zero attached hydrogens (tertiary/aromatic N) is 1. The molecule has 0 radical (unpaired) electrons. The summed E-state index contributed by atoms with van der Waals surface area (Å²) in [5.74, 6) is 0.101. The van der Waals surface area contributed by atoms with Crippen molar-refractivity contribution in [2.75, 3.05) is 6.54 Å². The number of pyridine rings is 1. The summed E-state index contributed by atoms with van der Waals surface area (Å²) < 4.78 is 0. The van der Waals surface area contributed by atoms with Crippen molar-refractivity contribution in [3.05, 3.63) is 34.2 Å². The van der Waals surface area contributed by atoms with Crippen LogP contribution in [0, 0.1) is 0 Å². The maximum atomic E-state index is 11.4. The normalized spacial score (nSPS) is 20.6. The molecule has 1 saturated heterocycles. The van der Waals surface area contributed by atoms with Gasteiger partial charge in [-0.15, -0.1) is 0 Å². The summed E-state index contributed by atoms with van der Waals surface area (Å²) in [6.07, 6.45) is 3.71. The fraction of sp³-hybridized carbons (Fsp3) is 0.455. The Labute approximate surface area is 87.9 Å². The molecular weight excluding hydrogens is 192 g/mol. The average Bonchev–Trinajstić information content (AvgIpc) is 2.67. The predicted molar refractivity (Wildman–Crippen MR) is 56.4 cm³/mol.